The van der Waals surface area contributed by atoms with Crippen molar-refractivity contribution in [3.8, 4) is 0 Å². The minimum absolute atomic E-state index is 0.0245. The van der Waals surface area contributed by atoms with Crippen LogP contribution in [0.2, 0.25) is 0 Å². The normalized spacial score (nSPS) is 20.7. The summed E-state index contributed by atoms with van der Waals surface area (Å²) in [6.45, 7) is 0.627. The van der Waals surface area contributed by atoms with E-state index in [1.807, 2.05) is 54.7 Å². The highest BCUT2D eigenvalue weighted by molar-refractivity contribution is 6.02. The molecule has 5 nitrogen and oxygen atoms in total. The molecule has 2 aliphatic rings. The summed E-state index contributed by atoms with van der Waals surface area (Å²) >= 11 is 0. The molecule has 0 spiro atoms. The molecule has 0 fully saturated rings. The predicted molar refractivity (Wildman–Crippen MR) is 126 cm³/mol. The highest BCUT2D eigenvalue weighted by Crippen LogP contribution is 2.44. The van der Waals surface area contributed by atoms with Gasteiger partial charge >= 0.3 is 0 Å². The molecule has 2 heterocycles. The first-order valence-corrected chi connectivity index (χ1v) is 11.5. The number of nitrogens with zero attached hydrogens (tertiary/aromatic N) is 1. The molecule has 2 unspecified atom stereocenters. The molecule has 2 aromatic carbocycles. The lowest BCUT2D eigenvalue weighted by Crippen LogP contribution is -2.45. The average Bonchev–Trinajstić information content (AvgIpc) is 3.25. The summed E-state index contributed by atoms with van der Waals surface area (Å²) < 4.78 is 0. The summed E-state index contributed by atoms with van der Waals surface area (Å²) in [6, 6.07) is 15.2. The van der Waals surface area contributed by atoms with E-state index in [4.69, 9.17) is 0 Å². The topological polar surface area (TPSA) is 65.2 Å². The van der Waals surface area contributed by atoms with E-state index in [1.54, 1.807) is 11.9 Å². The monoisotopic (exact) mass is 427 g/mol. The molecule has 2 atom stereocenters. The van der Waals surface area contributed by atoms with Crippen molar-refractivity contribution in [1.29, 1.82) is 0 Å². The molecular formula is C27H29N3O2. The van der Waals surface area contributed by atoms with Crippen LogP contribution in [0.5, 0.6) is 0 Å². The van der Waals surface area contributed by atoms with Gasteiger partial charge in [0.25, 0.3) is 5.91 Å². The van der Waals surface area contributed by atoms with Gasteiger partial charge in [-0.2, -0.15) is 0 Å². The minimum Gasteiger partial charge on any atom is -0.361 e. The number of benzene rings is 2. The second-order valence-corrected chi connectivity index (χ2v) is 8.86. The van der Waals surface area contributed by atoms with Gasteiger partial charge in [0.2, 0.25) is 5.91 Å². The number of rotatable bonds is 5. The summed E-state index contributed by atoms with van der Waals surface area (Å²) in [4.78, 5) is 31.9. The Labute approximate surface area is 188 Å². The second kappa shape index (κ2) is 8.65. The van der Waals surface area contributed by atoms with Crippen LogP contribution in [0, 0.1) is 0 Å². The van der Waals surface area contributed by atoms with E-state index in [0.29, 0.717) is 12.1 Å². The Bertz CT molecular complexity index is 1190. The molecule has 2 amide bonds. The zero-order chi connectivity index (χ0) is 22.1. The lowest BCUT2D eigenvalue weighted by molar-refractivity contribution is -0.124. The Morgan fingerprint density at radius 1 is 1.09 bits per heavy atom. The Morgan fingerprint density at radius 2 is 1.91 bits per heavy atom. The first kappa shape index (κ1) is 20.6. The Kier molecular flexibility index (Phi) is 5.56. The summed E-state index contributed by atoms with van der Waals surface area (Å²) in [5, 5.41) is 4.23. The van der Waals surface area contributed by atoms with Crippen LogP contribution in [0.25, 0.3) is 10.9 Å². The lowest BCUT2D eigenvalue weighted by Gasteiger charge is -2.39. The Morgan fingerprint density at radius 3 is 2.75 bits per heavy atom. The molecule has 32 heavy (non-hydrogen) atoms. The summed E-state index contributed by atoms with van der Waals surface area (Å²) in [6.07, 6.45) is 9.96. The average molecular weight is 428 g/mol. The van der Waals surface area contributed by atoms with Crippen LogP contribution in [-0.4, -0.2) is 35.3 Å². The third kappa shape index (κ3) is 3.62. The van der Waals surface area contributed by atoms with Crippen molar-refractivity contribution in [2.45, 2.75) is 44.1 Å². The van der Waals surface area contributed by atoms with Crippen molar-refractivity contribution in [3.05, 3.63) is 83.1 Å². The third-order valence-corrected chi connectivity index (χ3v) is 6.93. The molecule has 1 aliphatic carbocycles. The zero-order valence-electron chi connectivity index (χ0n) is 18.4. The van der Waals surface area contributed by atoms with Gasteiger partial charge in [0.05, 0.1) is 12.0 Å². The van der Waals surface area contributed by atoms with Crippen LogP contribution in [-0.2, 0) is 4.79 Å². The molecule has 164 valence electrons. The zero-order valence-corrected chi connectivity index (χ0v) is 18.4. The maximum absolute atomic E-state index is 13.6. The molecule has 5 heteroatoms. The maximum Gasteiger partial charge on any atom is 0.254 e. The largest absolute Gasteiger partial charge is 0.361 e. The number of carbonyl (C=O) groups excluding carboxylic acids is 2. The lowest BCUT2D eigenvalue weighted by atomic mass is 9.79. The van der Waals surface area contributed by atoms with E-state index in [-0.39, 0.29) is 17.9 Å². The Hall–Kier alpha value is -3.34. The van der Waals surface area contributed by atoms with Gasteiger partial charge in [-0.05, 0) is 49.8 Å². The molecule has 3 aromatic rings. The number of aromatic amines is 1. The summed E-state index contributed by atoms with van der Waals surface area (Å²) in [5.74, 6) is -0.538. The van der Waals surface area contributed by atoms with E-state index in [1.165, 1.54) is 18.4 Å². The number of para-hydroxylation sites is 1. The third-order valence-electron chi connectivity index (χ3n) is 6.93. The van der Waals surface area contributed by atoms with Gasteiger partial charge in [0.15, 0.2) is 0 Å². The predicted octanol–water partition coefficient (Wildman–Crippen LogP) is 5.09. The molecule has 0 bridgehead atoms. The quantitative estimate of drug-likeness (QED) is 0.558. The summed E-state index contributed by atoms with van der Waals surface area (Å²) in [5.41, 5.74) is 4.84. The van der Waals surface area contributed by atoms with E-state index in [9.17, 15) is 9.59 Å². The number of nitrogens with one attached hydrogen (secondary N) is 2. The van der Waals surface area contributed by atoms with Crippen LogP contribution in [0.1, 0.15) is 65.5 Å². The summed E-state index contributed by atoms with van der Waals surface area (Å²) in [7, 11) is 1.80. The number of carbonyl (C=O) groups is 2. The molecule has 0 saturated carbocycles. The second-order valence-electron chi connectivity index (χ2n) is 8.86. The molecule has 5 rings (SSSR count). The molecule has 2 N–H and O–H groups in total. The number of aromatic nitrogens is 1. The van der Waals surface area contributed by atoms with Gasteiger partial charge in [-0.15, -0.1) is 0 Å². The number of fused-ring (bicyclic) bond motifs is 2. The first-order valence-electron chi connectivity index (χ1n) is 11.5. The van der Waals surface area contributed by atoms with Gasteiger partial charge < -0.3 is 15.2 Å². The fourth-order valence-corrected chi connectivity index (χ4v) is 5.27. The number of allylic oxidation sites excluding steroid dienone is 1. The first-order chi connectivity index (χ1) is 15.6. The van der Waals surface area contributed by atoms with E-state index < -0.39 is 5.92 Å². The van der Waals surface area contributed by atoms with Crippen molar-refractivity contribution < 1.29 is 9.59 Å². The van der Waals surface area contributed by atoms with Crippen molar-refractivity contribution >= 4 is 22.7 Å². The van der Waals surface area contributed by atoms with Crippen LogP contribution in [0.15, 0.2) is 66.4 Å². The highest BCUT2D eigenvalue weighted by Gasteiger charge is 2.43. The standard InChI is InChI=1S/C27H29N3O2/c1-30-25(22-17-29-23-14-8-7-11-19(22)23)24(20-12-5-6-13-21(20)27(30)32)26(31)28-16-15-18-9-3-2-4-10-18/h5-9,11-14,17,24-25,29H,2-4,10,15-16H2,1H3,(H,28,31). The Balaban J connectivity index is 1.50. The van der Waals surface area contributed by atoms with Crippen molar-refractivity contribution in [2.24, 2.45) is 0 Å². The fraction of sp³-hybridized carbons (Fsp3) is 0.333. The molecular weight excluding hydrogens is 398 g/mol. The smallest absolute Gasteiger partial charge is 0.254 e. The molecule has 0 saturated heterocycles. The molecule has 1 aliphatic heterocycles. The van der Waals surface area contributed by atoms with Crippen molar-refractivity contribution in [2.75, 3.05) is 13.6 Å². The number of likely N-dealkylation sites (N-methyl/N-ethyl adjacent to an activating group) is 1. The van der Waals surface area contributed by atoms with Crippen LogP contribution < -0.4 is 5.32 Å². The van der Waals surface area contributed by atoms with Crippen molar-refractivity contribution in [3.63, 3.8) is 0 Å². The van der Waals surface area contributed by atoms with Crippen LogP contribution in [0.4, 0.5) is 0 Å². The van der Waals surface area contributed by atoms with Gasteiger partial charge in [-0.1, -0.05) is 48.0 Å². The van der Waals surface area contributed by atoms with Gasteiger partial charge in [-0.25, -0.2) is 0 Å². The number of hydrogen-bond donors (Lipinski definition) is 2. The van der Waals surface area contributed by atoms with E-state index in [0.717, 1.165) is 41.3 Å². The van der Waals surface area contributed by atoms with Crippen LogP contribution in [0.3, 0.4) is 0 Å². The highest BCUT2D eigenvalue weighted by atomic mass is 16.2. The minimum atomic E-state index is -0.464. The number of hydrogen-bond acceptors (Lipinski definition) is 2. The van der Waals surface area contributed by atoms with Crippen molar-refractivity contribution in [1.82, 2.24) is 15.2 Å². The SMILES string of the molecule is CN1C(=O)c2ccccc2C(C(=O)NCCC2=CCCCC2)C1c1c[nH]c2ccccc12. The maximum atomic E-state index is 13.6. The van der Waals surface area contributed by atoms with E-state index in [2.05, 4.69) is 16.4 Å². The van der Waals surface area contributed by atoms with Gasteiger partial charge in [-0.3, -0.25) is 9.59 Å². The van der Waals surface area contributed by atoms with Gasteiger partial charge in [0, 0.05) is 41.8 Å². The van der Waals surface area contributed by atoms with E-state index >= 15 is 0 Å². The number of amides is 2. The van der Waals surface area contributed by atoms with Gasteiger partial charge in [0.1, 0.15) is 0 Å². The molecule has 0 radical (unpaired) electrons. The number of H-pyrrole nitrogens is 1. The fourth-order valence-electron chi connectivity index (χ4n) is 5.27. The van der Waals surface area contributed by atoms with Crippen LogP contribution >= 0.6 is 0 Å². The molecule has 1 aromatic heterocycles.